The van der Waals surface area contributed by atoms with Gasteiger partial charge in [0.25, 0.3) is 0 Å². The van der Waals surface area contributed by atoms with E-state index in [1.807, 2.05) is 85.8 Å². The summed E-state index contributed by atoms with van der Waals surface area (Å²) in [4.78, 5) is 42.0. The second-order valence-corrected chi connectivity index (χ2v) is 9.96. The van der Waals surface area contributed by atoms with Crippen LogP contribution in [0.2, 0.25) is 0 Å². The summed E-state index contributed by atoms with van der Waals surface area (Å²) in [5.74, 6) is -1.66. The van der Waals surface area contributed by atoms with Crippen molar-refractivity contribution in [3.63, 3.8) is 0 Å². The lowest BCUT2D eigenvalue weighted by Gasteiger charge is -2.15. The number of amides is 3. The lowest BCUT2D eigenvalue weighted by Crippen LogP contribution is -2.28. The van der Waals surface area contributed by atoms with Crippen molar-refractivity contribution in [3.8, 4) is 11.3 Å². The molecule has 1 atom stereocenters. The van der Waals surface area contributed by atoms with Crippen LogP contribution in [0.3, 0.4) is 0 Å². The molecule has 0 aliphatic heterocycles. The molecular formula is C29H28N4O4S. The summed E-state index contributed by atoms with van der Waals surface area (Å²) in [6, 6.07) is 25.7. The first kappa shape index (κ1) is 26.6. The number of nitrogens with zero attached hydrogens (tertiary/aromatic N) is 1. The summed E-state index contributed by atoms with van der Waals surface area (Å²) in [6.45, 7) is 2.32. The smallest absolute Gasteiger partial charge is 0.321 e. The molecule has 9 heteroatoms. The van der Waals surface area contributed by atoms with Crippen molar-refractivity contribution in [2.45, 2.75) is 32.2 Å². The maximum absolute atomic E-state index is 12.8. The Labute approximate surface area is 224 Å². The molecule has 0 aliphatic carbocycles. The van der Waals surface area contributed by atoms with Crippen molar-refractivity contribution in [3.05, 3.63) is 101 Å². The average Bonchev–Trinajstić information content (AvgIpc) is 3.27. The second kappa shape index (κ2) is 12.6. The Morgan fingerprint density at radius 2 is 1.61 bits per heavy atom. The summed E-state index contributed by atoms with van der Waals surface area (Å²) < 4.78 is 0. The number of benzene rings is 3. The zero-order valence-corrected chi connectivity index (χ0v) is 21.6. The summed E-state index contributed by atoms with van der Waals surface area (Å²) in [5, 5.41) is 18.3. The number of thiazole rings is 1. The minimum Gasteiger partial charge on any atom is -0.481 e. The number of anilines is 2. The molecule has 1 heterocycles. The highest BCUT2D eigenvalue weighted by molar-refractivity contribution is 7.16. The van der Waals surface area contributed by atoms with Gasteiger partial charge in [0, 0.05) is 35.0 Å². The number of carboxylic acids is 1. The number of carbonyl (C=O) groups excluding carboxylic acids is 2. The molecule has 0 spiro atoms. The van der Waals surface area contributed by atoms with E-state index in [0.717, 1.165) is 21.6 Å². The Morgan fingerprint density at radius 3 is 2.32 bits per heavy atom. The quantitative estimate of drug-likeness (QED) is 0.200. The summed E-state index contributed by atoms with van der Waals surface area (Å²) in [6.07, 6.45) is -0.0906. The van der Waals surface area contributed by atoms with Crippen LogP contribution in [-0.2, 0) is 16.1 Å². The number of carboxylic acid groups (broad SMARTS) is 1. The van der Waals surface area contributed by atoms with E-state index in [0.29, 0.717) is 23.1 Å². The standard InChI is InChI=1S/C29H28N4O4S/c1-19-27(32-29(38-19)33-28(37)30-18-20-9-4-2-5-10-20)22-13-8-14-24(15-22)31-25(34)16-23(17-26(35)36)21-11-6-3-7-12-21/h2-15,23H,16-18H2,1H3,(H,31,34)(H,35,36)(H2,30,32,33,37). The molecule has 4 N–H and O–H groups in total. The van der Waals surface area contributed by atoms with Crippen LogP contribution in [0.1, 0.15) is 34.8 Å². The number of urea groups is 1. The Balaban J connectivity index is 1.39. The molecule has 0 radical (unpaired) electrons. The number of carbonyl (C=O) groups is 3. The van der Waals surface area contributed by atoms with Gasteiger partial charge in [-0.3, -0.25) is 14.9 Å². The SMILES string of the molecule is Cc1sc(NC(=O)NCc2ccccc2)nc1-c1cccc(NC(=O)CC(CC(=O)O)c2ccccc2)c1. The maximum atomic E-state index is 12.8. The molecule has 0 aliphatic rings. The lowest BCUT2D eigenvalue weighted by molar-refractivity contribution is -0.137. The average molecular weight is 529 g/mol. The number of rotatable bonds is 10. The second-order valence-electron chi connectivity index (χ2n) is 8.76. The first-order chi connectivity index (χ1) is 18.4. The van der Waals surface area contributed by atoms with Gasteiger partial charge in [-0.25, -0.2) is 9.78 Å². The number of hydrogen-bond acceptors (Lipinski definition) is 5. The van der Waals surface area contributed by atoms with Crippen LogP contribution in [0.5, 0.6) is 0 Å². The third-order valence-electron chi connectivity index (χ3n) is 5.86. The summed E-state index contributed by atoms with van der Waals surface area (Å²) in [7, 11) is 0. The first-order valence-electron chi connectivity index (χ1n) is 12.1. The Hall–Kier alpha value is -4.50. The van der Waals surface area contributed by atoms with Gasteiger partial charge in [-0.1, -0.05) is 72.8 Å². The molecule has 4 rings (SSSR count). The van der Waals surface area contributed by atoms with Crippen LogP contribution in [0, 0.1) is 6.92 Å². The normalized spacial score (nSPS) is 11.4. The predicted octanol–water partition coefficient (Wildman–Crippen LogP) is 6.03. The van der Waals surface area contributed by atoms with E-state index in [9.17, 15) is 19.5 Å². The Morgan fingerprint density at radius 1 is 0.895 bits per heavy atom. The monoisotopic (exact) mass is 528 g/mol. The highest BCUT2D eigenvalue weighted by Crippen LogP contribution is 2.32. The van der Waals surface area contributed by atoms with Gasteiger partial charge in [-0.2, -0.15) is 0 Å². The molecular weight excluding hydrogens is 500 g/mol. The van der Waals surface area contributed by atoms with E-state index >= 15 is 0 Å². The van der Waals surface area contributed by atoms with Crippen molar-refractivity contribution < 1.29 is 19.5 Å². The van der Waals surface area contributed by atoms with Crippen LogP contribution in [-0.4, -0.2) is 28.0 Å². The topological polar surface area (TPSA) is 120 Å². The highest BCUT2D eigenvalue weighted by Gasteiger charge is 2.20. The van der Waals surface area contributed by atoms with Crippen molar-refractivity contribution in [1.29, 1.82) is 0 Å². The van der Waals surface area contributed by atoms with Gasteiger partial charge >= 0.3 is 12.0 Å². The molecule has 0 bridgehead atoms. The number of aliphatic carboxylic acids is 1. The fourth-order valence-corrected chi connectivity index (χ4v) is 4.89. The minimum atomic E-state index is -0.953. The zero-order chi connectivity index (χ0) is 26.9. The lowest BCUT2D eigenvalue weighted by atomic mass is 9.92. The predicted molar refractivity (Wildman–Crippen MR) is 149 cm³/mol. The number of aryl methyl sites for hydroxylation is 1. The van der Waals surface area contributed by atoms with Gasteiger partial charge in [-0.15, -0.1) is 11.3 Å². The van der Waals surface area contributed by atoms with Gasteiger partial charge in [0.15, 0.2) is 5.13 Å². The fraction of sp³-hybridized carbons (Fsp3) is 0.172. The van der Waals surface area contributed by atoms with E-state index in [1.54, 1.807) is 6.07 Å². The number of nitrogens with one attached hydrogen (secondary N) is 3. The molecule has 38 heavy (non-hydrogen) atoms. The van der Waals surface area contributed by atoms with Gasteiger partial charge in [0.2, 0.25) is 5.91 Å². The zero-order valence-electron chi connectivity index (χ0n) is 20.8. The minimum absolute atomic E-state index is 0.0441. The Bertz CT molecular complexity index is 1410. The van der Waals surface area contributed by atoms with Gasteiger partial charge < -0.3 is 15.7 Å². The Kier molecular flexibility index (Phi) is 8.84. The molecule has 8 nitrogen and oxygen atoms in total. The van der Waals surface area contributed by atoms with Crippen molar-refractivity contribution in [2.75, 3.05) is 10.6 Å². The fourth-order valence-electron chi connectivity index (χ4n) is 4.06. The first-order valence-corrected chi connectivity index (χ1v) is 12.9. The van der Waals surface area contributed by atoms with E-state index < -0.39 is 11.9 Å². The van der Waals surface area contributed by atoms with Crippen LogP contribution in [0.25, 0.3) is 11.3 Å². The molecule has 3 aromatic carbocycles. The molecule has 1 aromatic heterocycles. The summed E-state index contributed by atoms with van der Waals surface area (Å²) in [5.41, 5.74) is 3.88. The molecule has 4 aromatic rings. The van der Waals surface area contributed by atoms with Gasteiger partial charge in [0.05, 0.1) is 12.1 Å². The third-order valence-corrected chi connectivity index (χ3v) is 6.74. The third kappa shape index (κ3) is 7.50. The number of aromatic nitrogens is 1. The van der Waals surface area contributed by atoms with Gasteiger partial charge in [0.1, 0.15) is 0 Å². The molecule has 194 valence electrons. The van der Waals surface area contributed by atoms with Crippen LogP contribution < -0.4 is 16.0 Å². The van der Waals surface area contributed by atoms with E-state index in [4.69, 9.17) is 0 Å². The molecule has 3 amide bonds. The molecule has 0 saturated heterocycles. The van der Waals surface area contributed by atoms with Crippen LogP contribution in [0.15, 0.2) is 84.9 Å². The van der Waals surface area contributed by atoms with Crippen LogP contribution in [0.4, 0.5) is 15.6 Å². The number of hydrogen-bond donors (Lipinski definition) is 4. The molecule has 0 fully saturated rings. The molecule has 0 saturated carbocycles. The maximum Gasteiger partial charge on any atom is 0.321 e. The van der Waals surface area contributed by atoms with E-state index in [-0.39, 0.29) is 24.8 Å². The van der Waals surface area contributed by atoms with Crippen molar-refractivity contribution >= 4 is 40.1 Å². The van der Waals surface area contributed by atoms with Gasteiger partial charge in [-0.05, 0) is 30.2 Å². The van der Waals surface area contributed by atoms with Crippen LogP contribution >= 0.6 is 11.3 Å². The van der Waals surface area contributed by atoms with Crippen molar-refractivity contribution in [1.82, 2.24) is 10.3 Å². The largest absolute Gasteiger partial charge is 0.481 e. The van der Waals surface area contributed by atoms with E-state index in [1.165, 1.54) is 11.3 Å². The van der Waals surface area contributed by atoms with Crippen molar-refractivity contribution in [2.24, 2.45) is 0 Å². The highest BCUT2D eigenvalue weighted by atomic mass is 32.1. The summed E-state index contributed by atoms with van der Waals surface area (Å²) >= 11 is 1.36. The van der Waals surface area contributed by atoms with E-state index in [2.05, 4.69) is 20.9 Å². The molecule has 1 unspecified atom stereocenters.